The molecule has 0 radical (unpaired) electrons. The van der Waals surface area contributed by atoms with E-state index in [9.17, 15) is 13.2 Å². The summed E-state index contributed by atoms with van der Waals surface area (Å²) in [6.45, 7) is 0.259. The number of alkyl halides is 3. The highest BCUT2D eigenvalue weighted by atomic mass is 19.4. The fourth-order valence-corrected chi connectivity index (χ4v) is 1.63. The van der Waals surface area contributed by atoms with Gasteiger partial charge >= 0.3 is 6.18 Å². The van der Waals surface area contributed by atoms with Gasteiger partial charge in [0.2, 0.25) is 0 Å². The van der Waals surface area contributed by atoms with Gasteiger partial charge in [-0.15, -0.1) is 0 Å². The summed E-state index contributed by atoms with van der Waals surface area (Å²) in [6, 6.07) is 8.44. The van der Waals surface area contributed by atoms with Crippen molar-refractivity contribution in [2.24, 2.45) is 5.73 Å². The zero-order valence-corrected chi connectivity index (χ0v) is 9.91. The number of anilines is 2. The molecule has 2 aromatic rings. The minimum Gasteiger partial charge on any atom is -0.340 e. The third-order valence-corrected chi connectivity index (χ3v) is 2.56. The second kappa shape index (κ2) is 5.27. The standard InChI is InChI=1S/C13H12F3N3/c14-13(15,16)10-4-1-5-11(7-10)19-12-9(8-17)3-2-6-18-12/h1-7H,8,17H2,(H,18,19). The van der Waals surface area contributed by atoms with Gasteiger partial charge in [0.1, 0.15) is 5.82 Å². The monoisotopic (exact) mass is 267 g/mol. The van der Waals surface area contributed by atoms with Gasteiger partial charge in [0, 0.05) is 24.0 Å². The van der Waals surface area contributed by atoms with Crippen molar-refractivity contribution in [3.63, 3.8) is 0 Å². The number of benzene rings is 1. The summed E-state index contributed by atoms with van der Waals surface area (Å²) in [7, 11) is 0. The molecule has 0 spiro atoms. The normalized spacial score (nSPS) is 11.4. The first-order valence-electron chi connectivity index (χ1n) is 5.59. The van der Waals surface area contributed by atoms with Gasteiger partial charge in [0.05, 0.1) is 5.56 Å². The van der Waals surface area contributed by atoms with Crippen LogP contribution in [0.4, 0.5) is 24.7 Å². The highest BCUT2D eigenvalue weighted by Gasteiger charge is 2.30. The molecule has 0 saturated heterocycles. The molecule has 0 amide bonds. The minimum atomic E-state index is -4.36. The Morgan fingerprint density at radius 3 is 2.63 bits per heavy atom. The molecule has 2 rings (SSSR count). The summed E-state index contributed by atoms with van der Waals surface area (Å²) in [5.41, 5.74) is 5.90. The summed E-state index contributed by atoms with van der Waals surface area (Å²) in [4.78, 5) is 4.06. The Morgan fingerprint density at radius 2 is 1.95 bits per heavy atom. The number of halogens is 3. The van der Waals surface area contributed by atoms with Crippen LogP contribution in [0.15, 0.2) is 42.6 Å². The molecule has 1 aromatic carbocycles. The Hall–Kier alpha value is -2.08. The summed E-state index contributed by atoms with van der Waals surface area (Å²) in [5.74, 6) is 0.462. The van der Waals surface area contributed by atoms with Crippen molar-refractivity contribution in [3.05, 3.63) is 53.7 Å². The van der Waals surface area contributed by atoms with Gasteiger partial charge in [-0.25, -0.2) is 4.98 Å². The van der Waals surface area contributed by atoms with Gasteiger partial charge < -0.3 is 11.1 Å². The second-order valence-corrected chi connectivity index (χ2v) is 3.92. The predicted octanol–water partition coefficient (Wildman–Crippen LogP) is 3.30. The minimum absolute atomic E-state index is 0.259. The van der Waals surface area contributed by atoms with E-state index in [1.807, 2.05) is 0 Å². The molecule has 1 heterocycles. The Labute approximate surface area is 108 Å². The molecule has 1 aromatic heterocycles. The van der Waals surface area contributed by atoms with Crippen LogP contribution >= 0.6 is 0 Å². The van der Waals surface area contributed by atoms with Crippen LogP contribution < -0.4 is 11.1 Å². The van der Waals surface area contributed by atoms with E-state index >= 15 is 0 Å². The predicted molar refractivity (Wildman–Crippen MR) is 66.9 cm³/mol. The van der Waals surface area contributed by atoms with Crippen molar-refractivity contribution >= 4 is 11.5 Å². The van der Waals surface area contributed by atoms with Crippen molar-refractivity contribution in [1.82, 2.24) is 4.98 Å². The lowest BCUT2D eigenvalue weighted by Crippen LogP contribution is -2.06. The topological polar surface area (TPSA) is 50.9 Å². The quantitative estimate of drug-likeness (QED) is 0.897. The number of nitrogens with zero attached hydrogens (tertiary/aromatic N) is 1. The third-order valence-electron chi connectivity index (χ3n) is 2.56. The molecule has 6 heteroatoms. The second-order valence-electron chi connectivity index (χ2n) is 3.92. The molecule has 100 valence electrons. The maximum absolute atomic E-state index is 12.6. The largest absolute Gasteiger partial charge is 0.416 e. The smallest absolute Gasteiger partial charge is 0.340 e. The van der Waals surface area contributed by atoms with Crippen molar-refractivity contribution in [1.29, 1.82) is 0 Å². The fraction of sp³-hybridized carbons (Fsp3) is 0.154. The number of pyridine rings is 1. The molecule has 0 aliphatic carbocycles. The molecule has 0 unspecified atom stereocenters. The average molecular weight is 267 g/mol. The molecule has 0 aliphatic heterocycles. The first-order chi connectivity index (χ1) is 9.00. The lowest BCUT2D eigenvalue weighted by molar-refractivity contribution is -0.137. The van der Waals surface area contributed by atoms with Crippen LogP contribution in [0.3, 0.4) is 0 Å². The first-order valence-corrected chi connectivity index (χ1v) is 5.59. The van der Waals surface area contributed by atoms with E-state index in [0.29, 0.717) is 11.5 Å². The average Bonchev–Trinajstić information content (AvgIpc) is 2.39. The molecule has 3 N–H and O–H groups in total. The fourth-order valence-electron chi connectivity index (χ4n) is 1.63. The van der Waals surface area contributed by atoms with Crippen molar-refractivity contribution in [2.45, 2.75) is 12.7 Å². The van der Waals surface area contributed by atoms with Gasteiger partial charge in [-0.2, -0.15) is 13.2 Å². The SMILES string of the molecule is NCc1cccnc1Nc1cccc(C(F)(F)F)c1. The number of hydrogen-bond acceptors (Lipinski definition) is 3. The van der Waals surface area contributed by atoms with E-state index in [1.54, 1.807) is 24.4 Å². The molecule has 0 bridgehead atoms. The Kier molecular flexibility index (Phi) is 3.71. The third kappa shape index (κ3) is 3.23. The van der Waals surface area contributed by atoms with Crippen LogP contribution in [0.25, 0.3) is 0 Å². The number of aromatic nitrogens is 1. The maximum Gasteiger partial charge on any atom is 0.416 e. The molecular formula is C13H12F3N3. The molecule has 0 atom stereocenters. The van der Waals surface area contributed by atoms with Gasteiger partial charge in [0.25, 0.3) is 0 Å². The van der Waals surface area contributed by atoms with E-state index < -0.39 is 11.7 Å². The molecule has 3 nitrogen and oxygen atoms in total. The molecular weight excluding hydrogens is 255 g/mol. The summed E-state index contributed by atoms with van der Waals surface area (Å²) < 4.78 is 37.8. The summed E-state index contributed by atoms with van der Waals surface area (Å²) in [6.07, 6.45) is -2.81. The van der Waals surface area contributed by atoms with Crippen LogP contribution in [0.2, 0.25) is 0 Å². The number of rotatable bonds is 3. The number of hydrogen-bond donors (Lipinski definition) is 2. The first kappa shape index (κ1) is 13.4. The molecule has 0 fully saturated rings. The Balaban J connectivity index is 2.29. The highest BCUT2D eigenvalue weighted by molar-refractivity contribution is 5.60. The van der Waals surface area contributed by atoms with Gasteiger partial charge in [-0.05, 0) is 24.3 Å². The number of nitrogens with two attached hydrogens (primary N) is 1. The van der Waals surface area contributed by atoms with E-state index in [-0.39, 0.29) is 6.54 Å². The number of nitrogens with one attached hydrogen (secondary N) is 1. The zero-order valence-electron chi connectivity index (χ0n) is 9.91. The maximum atomic E-state index is 12.6. The Morgan fingerprint density at radius 1 is 1.16 bits per heavy atom. The van der Waals surface area contributed by atoms with E-state index in [1.165, 1.54) is 6.07 Å². The van der Waals surface area contributed by atoms with Crippen molar-refractivity contribution in [2.75, 3.05) is 5.32 Å². The summed E-state index contributed by atoms with van der Waals surface area (Å²) >= 11 is 0. The van der Waals surface area contributed by atoms with Crippen LogP contribution in [0.5, 0.6) is 0 Å². The van der Waals surface area contributed by atoms with Crippen LogP contribution in [0.1, 0.15) is 11.1 Å². The van der Waals surface area contributed by atoms with Crippen LogP contribution in [-0.4, -0.2) is 4.98 Å². The lowest BCUT2D eigenvalue weighted by Gasteiger charge is -2.12. The van der Waals surface area contributed by atoms with Gasteiger partial charge in [-0.1, -0.05) is 12.1 Å². The van der Waals surface area contributed by atoms with E-state index in [2.05, 4.69) is 10.3 Å². The van der Waals surface area contributed by atoms with E-state index in [4.69, 9.17) is 5.73 Å². The van der Waals surface area contributed by atoms with Crippen LogP contribution in [-0.2, 0) is 12.7 Å². The van der Waals surface area contributed by atoms with Gasteiger partial charge in [-0.3, -0.25) is 0 Å². The summed E-state index contributed by atoms with van der Waals surface area (Å²) in [5, 5.41) is 2.84. The van der Waals surface area contributed by atoms with Crippen LogP contribution in [0, 0.1) is 0 Å². The van der Waals surface area contributed by atoms with Gasteiger partial charge in [0.15, 0.2) is 0 Å². The molecule has 19 heavy (non-hydrogen) atoms. The molecule has 0 aliphatic rings. The lowest BCUT2D eigenvalue weighted by atomic mass is 10.2. The van der Waals surface area contributed by atoms with E-state index in [0.717, 1.165) is 17.7 Å². The zero-order chi connectivity index (χ0) is 13.9. The Bertz CT molecular complexity index is 567. The molecule has 0 saturated carbocycles. The van der Waals surface area contributed by atoms with Crippen molar-refractivity contribution in [3.8, 4) is 0 Å². The highest BCUT2D eigenvalue weighted by Crippen LogP contribution is 2.31. The van der Waals surface area contributed by atoms with Crippen molar-refractivity contribution < 1.29 is 13.2 Å².